The Morgan fingerprint density at radius 2 is 1.68 bits per heavy atom. The van der Waals surface area contributed by atoms with Gasteiger partial charge in [-0.1, -0.05) is 36.4 Å². The number of rotatable bonds is 6. The summed E-state index contributed by atoms with van der Waals surface area (Å²) in [4.78, 5) is 11.0. The van der Waals surface area contributed by atoms with Gasteiger partial charge >= 0.3 is 15.6 Å². The third-order valence-corrected chi connectivity index (χ3v) is 4.26. The molecule has 0 aliphatic heterocycles. The van der Waals surface area contributed by atoms with Crippen molar-refractivity contribution in [1.82, 2.24) is 0 Å². The van der Waals surface area contributed by atoms with Crippen LogP contribution in [-0.4, -0.2) is 19.8 Å². The number of hydrogen-bond acceptors (Lipinski definition) is 4. The molecule has 0 fully saturated rings. The maximum Gasteiger partial charge on any atom is 0.534 e. The number of alkyl halides is 3. The van der Waals surface area contributed by atoms with Crippen molar-refractivity contribution in [1.29, 1.82) is 0 Å². The highest BCUT2D eigenvalue weighted by molar-refractivity contribution is 7.88. The molecule has 0 atom stereocenters. The van der Waals surface area contributed by atoms with Crippen molar-refractivity contribution in [3.63, 3.8) is 0 Å². The molecule has 2 rings (SSSR count). The van der Waals surface area contributed by atoms with E-state index in [1.165, 1.54) is 12.1 Å². The van der Waals surface area contributed by atoms with Crippen LogP contribution in [0.4, 0.5) is 13.2 Å². The first kappa shape index (κ1) is 18.8. The summed E-state index contributed by atoms with van der Waals surface area (Å²) in [5.74, 6) is -1.16. The highest BCUT2D eigenvalue weighted by Crippen LogP contribution is 2.32. The monoisotopic (exact) mass is 373 g/mol. The van der Waals surface area contributed by atoms with Crippen LogP contribution in [0.5, 0.6) is 5.75 Å². The van der Waals surface area contributed by atoms with Crippen LogP contribution in [0.15, 0.2) is 48.5 Å². The summed E-state index contributed by atoms with van der Waals surface area (Å²) in [5.41, 5.74) is 1.05. The molecule has 1 amide bonds. The first-order valence-corrected chi connectivity index (χ1v) is 8.48. The van der Waals surface area contributed by atoms with E-state index in [4.69, 9.17) is 5.73 Å². The summed E-state index contributed by atoms with van der Waals surface area (Å²) in [6, 6.07) is 12.9. The quantitative estimate of drug-likeness (QED) is 0.623. The summed E-state index contributed by atoms with van der Waals surface area (Å²) < 4.78 is 64.2. The number of primary amides is 1. The molecule has 0 heterocycles. The average Bonchev–Trinajstić information content (AvgIpc) is 2.53. The molecule has 0 unspecified atom stereocenters. The number of amides is 1. The minimum Gasteiger partial charge on any atom is -0.376 e. The molecule has 0 bridgehead atoms. The van der Waals surface area contributed by atoms with E-state index in [-0.39, 0.29) is 18.4 Å². The second-order valence-electron chi connectivity index (χ2n) is 5.14. The third-order valence-electron chi connectivity index (χ3n) is 3.29. The number of carbonyl (C=O) groups is 1. The molecular formula is C16H14F3NO4S. The molecule has 0 aliphatic carbocycles. The molecule has 25 heavy (non-hydrogen) atoms. The van der Waals surface area contributed by atoms with Crippen molar-refractivity contribution in [2.45, 2.75) is 18.3 Å². The molecule has 0 spiro atoms. The molecule has 5 nitrogen and oxygen atoms in total. The molecule has 9 heteroatoms. The van der Waals surface area contributed by atoms with E-state index >= 15 is 0 Å². The van der Waals surface area contributed by atoms with Crippen molar-refractivity contribution in [2.75, 3.05) is 0 Å². The number of hydrogen-bond donors (Lipinski definition) is 1. The Hall–Kier alpha value is -2.55. The second-order valence-corrected chi connectivity index (χ2v) is 6.68. The van der Waals surface area contributed by atoms with Crippen molar-refractivity contribution in [2.24, 2.45) is 5.73 Å². The third kappa shape index (κ3) is 4.72. The van der Waals surface area contributed by atoms with Gasteiger partial charge in [0.05, 0.1) is 0 Å². The predicted octanol–water partition coefficient (Wildman–Crippen LogP) is 3.00. The van der Waals surface area contributed by atoms with Gasteiger partial charge in [0.2, 0.25) is 5.91 Å². The smallest absolute Gasteiger partial charge is 0.376 e. The molecule has 0 saturated heterocycles. The fraction of sp³-hybridized carbons (Fsp3) is 0.188. The zero-order valence-corrected chi connectivity index (χ0v) is 13.6. The Labute approximate surface area is 142 Å². The van der Waals surface area contributed by atoms with E-state index in [0.29, 0.717) is 5.56 Å². The van der Waals surface area contributed by atoms with E-state index in [0.717, 1.165) is 11.6 Å². The van der Waals surface area contributed by atoms with Crippen LogP contribution in [0.1, 0.15) is 12.0 Å². The van der Waals surface area contributed by atoms with E-state index in [1.54, 1.807) is 30.3 Å². The molecule has 0 radical (unpaired) electrons. The topological polar surface area (TPSA) is 86.5 Å². The van der Waals surface area contributed by atoms with Crippen molar-refractivity contribution in [3.8, 4) is 16.9 Å². The van der Waals surface area contributed by atoms with Gasteiger partial charge in [-0.15, -0.1) is 0 Å². The summed E-state index contributed by atoms with van der Waals surface area (Å²) >= 11 is 0. The van der Waals surface area contributed by atoms with Gasteiger partial charge < -0.3 is 9.92 Å². The predicted molar refractivity (Wildman–Crippen MR) is 85.0 cm³/mol. The van der Waals surface area contributed by atoms with Gasteiger partial charge in [0.25, 0.3) is 0 Å². The number of benzene rings is 2. The standard InChI is InChI=1S/C16H14F3NO4S/c17-16(18,19)25(22,23)24-14-8-6-12(11-4-2-1-3-5-11)10-13(14)7-9-15(20)21/h1-6,8,10H,7,9H2,(H2,20,21). The van der Waals surface area contributed by atoms with E-state index in [2.05, 4.69) is 4.18 Å². The second kappa shape index (κ2) is 7.14. The number of halogens is 3. The molecule has 2 N–H and O–H groups in total. The van der Waals surface area contributed by atoms with Crippen LogP contribution >= 0.6 is 0 Å². The van der Waals surface area contributed by atoms with Gasteiger partial charge in [-0.3, -0.25) is 4.79 Å². The van der Waals surface area contributed by atoms with Gasteiger partial charge in [-0.2, -0.15) is 21.6 Å². The fourth-order valence-electron chi connectivity index (χ4n) is 2.09. The Bertz CT molecular complexity index is 865. The molecule has 2 aromatic rings. The minimum atomic E-state index is -5.81. The highest BCUT2D eigenvalue weighted by Gasteiger charge is 2.48. The zero-order valence-electron chi connectivity index (χ0n) is 12.8. The minimum absolute atomic E-state index is 0.0568. The maximum atomic E-state index is 12.5. The van der Waals surface area contributed by atoms with Gasteiger partial charge in [-0.25, -0.2) is 0 Å². The van der Waals surface area contributed by atoms with Crippen molar-refractivity contribution < 1.29 is 30.6 Å². The van der Waals surface area contributed by atoms with Crippen molar-refractivity contribution >= 4 is 16.0 Å². The fourth-order valence-corrected chi connectivity index (χ4v) is 2.58. The lowest BCUT2D eigenvalue weighted by Crippen LogP contribution is -2.28. The number of carbonyl (C=O) groups excluding carboxylic acids is 1. The van der Waals surface area contributed by atoms with Gasteiger partial charge in [0.1, 0.15) is 5.75 Å². The van der Waals surface area contributed by atoms with Crippen LogP contribution in [-0.2, 0) is 21.3 Å². The first-order valence-electron chi connectivity index (χ1n) is 7.07. The average molecular weight is 373 g/mol. The van der Waals surface area contributed by atoms with Gasteiger partial charge in [0, 0.05) is 6.42 Å². The van der Waals surface area contributed by atoms with E-state index in [1.807, 2.05) is 0 Å². The zero-order chi connectivity index (χ0) is 18.7. The van der Waals surface area contributed by atoms with E-state index in [9.17, 15) is 26.4 Å². The summed E-state index contributed by atoms with van der Waals surface area (Å²) in [7, 11) is -5.81. The van der Waals surface area contributed by atoms with Gasteiger partial charge in [-0.05, 0) is 35.2 Å². The normalized spacial score (nSPS) is 12.0. The van der Waals surface area contributed by atoms with Crippen LogP contribution in [0.25, 0.3) is 11.1 Å². The van der Waals surface area contributed by atoms with Crippen molar-refractivity contribution in [3.05, 3.63) is 54.1 Å². The highest BCUT2D eigenvalue weighted by atomic mass is 32.2. The largest absolute Gasteiger partial charge is 0.534 e. The summed E-state index contributed by atoms with van der Waals surface area (Å²) in [5, 5.41) is 0. The number of nitrogens with two attached hydrogens (primary N) is 1. The Morgan fingerprint density at radius 1 is 1.04 bits per heavy atom. The molecule has 0 aliphatic rings. The first-order chi connectivity index (χ1) is 11.6. The van der Waals surface area contributed by atoms with Crippen LogP contribution < -0.4 is 9.92 Å². The molecule has 134 valence electrons. The van der Waals surface area contributed by atoms with Crippen LogP contribution in [0.3, 0.4) is 0 Å². The lowest BCUT2D eigenvalue weighted by Gasteiger charge is -2.14. The molecule has 0 aromatic heterocycles. The molecule has 0 saturated carbocycles. The Morgan fingerprint density at radius 3 is 2.24 bits per heavy atom. The summed E-state index contributed by atoms with van der Waals surface area (Å²) in [6.45, 7) is 0. The SMILES string of the molecule is NC(=O)CCc1cc(-c2ccccc2)ccc1OS(=O)(=O)C(F)(F)F. The Kier molecular flexibility index (Phi) is 5.36. The lowest BCUT2D eigenvalue weighted by molar-refractivity contribution is -0.118. The maximum absolute atomic E-state index is 12.5. The molecular weight excluding hydrogens is 359 g/mol. The van der Waals surface area contributed by atoms with E-state index < -0.39 is 27.3 Å². The number of aryl methyl sites for hydroxylation is 1. The van der Waals surface area contributed by atoms with Crippen LogP contribution in [0.2, 0.25) is 0 Å². The van der Waals surface area contributed by atoms with Crippen LogP contribution in [0, 0.1) is 0 Å². The Balaban J connectivity index is 2.43. The molecule has 2 aromatic carbocycles. The lowest BCUT2D eigenvalue weighted by atomic mass is 10.00. The van der Waals surface area contributed by atoms with Gasteiger partial charge in [0.15, 0.2) is 0 Å². The summed E-state index contributed by atoms with van der Waals surface area (Å²) in [6.07, 6.45) is -0.223.